The molecular weight excluding hydrogens is 486 g/mol. The van der Waals surface area contributed by atoms with Gasteiger partial charge < -0.3 is 40.7 Å². The molecule has 10 nitrogen and oxygen atoms in total. The van der Waals surface area contributed by atoms with Gasteiger partial charge in [0.2, 0.25) is 0 Å². The van der Waals surface area contributed by atoms with E-state index in [2.05, 4.69) is 27.4 Å². The number of alkyl carbamates (subject to hydrolysis) is 2. The number of carbonyl (C=O) groups is 2. The minimum atomic E-state index is -0.424. The first kappa shape index (κ1) is 36.4. The molecule has 0 unspecified atom stereocenters. The van der Waals surface area contributed by atoms with Crippen LogP contribution in [0.25, 0.3) is 0 Å². The number of rotatable bonds is 8. The van der Waals surface area contributed by atoms with Crippen molar-refractivity contribution in [3.63, 3.8) is 0 Å². The average Bonchev–Trinajstić information content (AvgIpc) is 2.81. The zero-order valence-electron chi connectivity index (χ0n) is 25.6. The molecule has 0 aliphatic carbocycles. The van der Waals surface area contributed by atoms with Gasteiger partial charge in [0.15, 0.2) is 0 Å². The van der Waals surface area contributed by atoms with Crippen molar-refractivity contribution in [2.45, 2.75) is 104 Å². The highest BCUT2D eigenvalue weighted by Gasteiger charge is 2.18. The molecule has 0 atom stereocenters. The largest absolute Gasteiger partial charge is 0.444 e. The molecule has 2 saturated heterocycles. The number of nitrogens with two attached hydrogens (primary N) is 1. The normalized spacial score (nSPS) is 17.8. The van der Waals surface area contributed by atoms with Gasteiger partial charge in [-0.1, -0.05) is 6.92 Å². The third-order valence-electron chi connectivity index (χ3n) is 6.15. The number of carbonyl (C=O) groups excluding carboxylic acids is 2. The topological polar surface area (TPSA) is 129 Å². The van der Waals surface area contributed by atoms with Crippen molar-refractivity contribution in [2.24, 2.45) is 11.7 Å². The number of hydrogen-bond acceptors (Lipinski definition) is 8. The molecule has 0 saturated carbocycles. The first-order valence-corrected chi connectivity index (χ1v) is 14.3. The van der Waals surface area contributed by atoms with Crippen LogP contribution in [-0.4, -0.2) is 104 Å². The van der Waals surface area contributed by atoms with E-state index in [0.29, 0.717) is 19.1 Å². The molecular formula is C28H59N5O5. The lowest BCUT2D eigenvalue weighted by Crippen LogP contribution is -2.41. The summed E-state index contributed by atoms with van der Waals surface area (Å²) in [7, 11) is 1.00. The van der Waals surface area contributed by atoms with Crippen LogP contribution in [0.2, 0.25) is 0 Å². The van der Waals surface area contributed by atoms with E-state index in [0.717, 1.165) is 64.9 Å². The van der Waals surface area contributed by atoms with Gasteiger partial charge in [0, 0.05) is 26.2 Å². The van der Waals surface area contributed by atoms with Crippen LogP contribution in [0.5, 0.6) is 0 Å². The molecule has 2 aliphatic rings. The van der Waals surface area contributed by atoms with E-state index in [1.165, 1.54) is 25.9 Å². The maximum atomic E-state index is 11.4. The van der Waals surface area contributed by atoms with Crippen LogP contribution in [0.3, 0.4) is 0 Å². The Morgan fingerprint density at radius 2 is 1.11 bits per heavy atom. The van der Waals surface area contributed by atoms with Crippen LogP contribution in [0, 0.1) is 5.92 Å². The van der Waals surface area contributed by atoms with Gasteiger partial charge in [-0.2, -0.15) is 0 Å². The quantitative estimate of drug-likeness (QED) is 0.341. The Labute approximate surface area is 232 Å². The highest BCUT2D eigenvalue weighted by molar-refractivity contribution is 5.67. The van der Waals surface area contributed by atoms with E-state index in [-0.39, 0.29) is 12.2 Å². The summed E-state index contributed by atoms with van der Waals surface area (Å²) in [5, 5.41) is 12.6. The van der Waals surface area contributed by atoms with Gasteiger partial charge in [0.25, 0.3) is 0 Å². The van der Waals surface area contributed by atoms with E-state index in [1.807, 2.05) is 41.5 Å². The van der Waals surface area contributed by atoms with Gasteiger partial charge in [0.1, 0.15) is 11.2 Å². The van der Waals surface area contributed by atoms with E-state index in [4.69, 9.17) is 20.3 Å². The Hall–Kier alpha value is -1.62. The lowest BCUT2D eigenvalue weighted by Gasteiger charge is -2.30. The number of aliphatic hydroxyl groups excluding tert-OH is 1. The van der Waals surface area contributed by atoms with Gasteiger partial charge in [-0.15, -0.1) is 0 Å². The fraction of sp³-hybridized carbons (Fsp3) is 0.929. The Morgan fingerprint density at radius 3 is 1.45 bits per heavy atom. The molecule has 226 valence electrons. The molecule has 0 aromatic carbocycles. The average molecular weight is 546 g/mol. The van der Waals surface area contributed by atoms with Gasteiger partial charge in [0.05, 0.1) is 0 Å². The molecule has 2 amide bonds. The van der Waals surface area contributed by atoms with Crippen LogP contribution >= 0.6 is 0 Å². The summed E-state index contributed by atoms with van der Waals surface area (Å²) in [4.78, 5) is 27.7. The predicted octanol–water partition coefficient (Wildman–Crippen LogP) is 3.57. The summed E-state index contributed by atoms with van der Waals surface area (Å²) in [6.45, 7) is 21.5. The third-order valence-corrected chi connectivity index (χ3v) is 6.15. The molecule has 10 heteroatoms. The Bertz CT molecular complexity index is 566. The molecule has 0 aromatic rings. The molecule has 0 bridgehead atoms. The van der Waals surface area contributed by atoms with E-state index in [9.17, 15) is 9.59 Å². The lowest BCUT2D eigenvalue weighted by molar-refractivity contribution is 0.0513. The molecule has 0 aromatic heterocycles. The summed E-state index contributed by atoms with van der Waals surface area (Å²) in [5.41, 5.74) is 5.02. The Morgan fingerprint density at radius 1 is 0.763 bits per heavy atom. The summed E-state index contributed by atoms with van der Waals surface area (Å²) in [6.07, 6.45) is 6.08. The predicted molar refractivity (Wildman–Crippen MR) is 154 cm³/mol. The number of nitrogens with one attached hydrogen (secondary N) is 2. The second kappa shape index (κ2) is 19.4. The van der Waals surface area contributed by atoms with Gasteiger partial charge in [-0.3, -0.25) is 0 Å². The molecule has 2 rings (SSSR count). The molecule has 0 spiro atoms. The van der Waals surface area contributed by atoms with Crippen molar-refractivity contribution in [3.8, 4) is 0 Å². The number of amides is 2. The Kier molecular flexibility index (Phi) is 18.6. The monoisotopic (exact) mass is 545 g/mol. The zero-order valence-corrected chi connectivity index (χ0v) is 25.6. The van der Waals surface area contributed by atoms with Crippen LogP contribution in [0.15, 0.2) is 0 Å². The number of nitrogens with zero attached hydrogens (tertiary/aromatic N) is 2. The molecule has 5 N–H and O–H groups in total. The molecule has 2 heterocycles. The number of hydrogen-bond donors (Lipinski definition) is 4. The number of likely N-dealkylation sites (tertiary alicyclic amines) is 2. The van der Waals surface area contributed by atoms with E-state index in [1.54, 1.807) is 0 Å². The second-order valence-corrected chi connectivity index (χ2v) is 12.3. The highest BCUT2D eigenvalue weighted by atomic mass is 16.6. The minimum Gasteiger partial charge on any atom is -0.444 e. The summed E-state index contributed by atoms with van der Waals surface area (Å²) in [5.74, 6) is 0.876. The van der Waals surface area contributed by atoms with Crippen molar-refractivity contribution in [3.05, 3.63) is 0 Å². The first-order chi connectivity index (χ1) is 17.7. The fourth-order valence-corrected chi connectivity index (χ4v) is 4.08. The summed E-state index contributed by atoms with van der Waals surface area (Å²) < 4.78 is 10.3. The van der Waals surface area contributed by atoms with Crippen molar-refractivity contribution in [1.82, 2.24) is 20.4 Å². The molecule has 38 heavy (non-hydrogen) atoms. The van der Waals surface area contributed by atoms with Gasteiger partial charge >= 0.3 is 12.2 Å². The van der Waals surface area contributed by atoms with Gasteiger partial charge in [-0.25, -0.2) is 9.59 Å². The molecule has 0 radical (unpaired) electrons. The van der Waals surface area contributed by atoms with Crippen LogP contribution in [-0.2, 0) is 9.47 Å². The van der Waals surface area contributed by atoms with E-state index < -0.39 is 11.2 Å². The maximum Gasteiger partial charge on any atom is 0.407 e. The lowest BCUT2D eigenvalue weighted by atomic mass is 9.99. The summed E-state index contributed by atoms with van der Waals surface area (Å²) >= 11 is 0. The standard InChI is InChI=1S/C14H28N2O2.C13H27N3O2.CH4O/c1-12-6-10-16(11-7-12)9-5-8-15-13(17)18-14(2,3)4;1-13(2,3)18-12(17)15-7-4-8-16-9-5-11(14)6-10-16;1-2/h12H,5-11H2,1-4H3,(H,15,17);11H,4-10,14H2,1-3H3,(H,15,17);2H,1H3. The first-order valence-electron chi connectivity index (χ1n) is 14.3. The maximum absolute atomic E-state index is 11.4. The van der Waals surface area contributed by atoms with Crippen molar-refractivity contribution >= 4 is 12.2 Å². The van der Waals surface area contributed by atoms with Crippen molar-refractivity contribution in [2.75, 3.05) is 59.5 Å². The number of aliphatic hydroxyl groups is 1. The second-order valence-electron chi connectivity index (χ2n) is 12.3. The highest BCUT2D eigenvalue weighted by Crippen LogP contribution is 2.15. The molecule has 2 aliphatic heterocycles. The van der Waals surface area contributed by atoms with Crippen LogP contribution in [0.4, 0.5) is 9.59 Å². The Balaban J connectivity index is 0.000000676. The smallest absolute Gasteiger partial charge is 0.407 e. The zero-order chi connectivity index (χ0) is 29.2. The number of ether oxygens (including phenoxy) is 2. The fourth-order valence-electron chi connectivity index (χ4n) is 4.08. The summed E-state index contributed by atoms with van der Waals surface area (Å²) in [6, 6.07) is 0.376. The van der Waals surface area contributed by atoms with Crippen molar-refractivity contribution < 1.29 is 24.2 Å². The SMILES string of the molecule is CC(C)(C)OC(=O)NCCCN1CCC(N)CC1.CC1CCN(CCCNC(=O)OC(C)(C)C)CC1.CO. The number of piperidine rings is 2. The molecule has 2 fully saturated rings. The van der Waals surface area contributed by atoms with Crippen molar-refractivity contribution in [1.29, 1.82) is 0 Å². The van der Waals surface area contributed by atoms with Crippen LogP contribution < -0.4 is 16.4 Å². The van der Waals surface area contributed by atoms with E-state index >= 15 is 0 Å². The van der Waals surface area contributed by atoms with Crippen LogP contribution in [0.1, 0.15) is 87.0 Å². The van der Waals surface area contributed by atoms with Gasteiger partial charge in [-0.05, 0) is 125 Å². The minimum absolute atomic E-state index is 0.310. The third kappa shape index (κ3) is 21.3.